The Morgan fingerprint density at radius 3 is 1.57 bits per heavy atom. The van der Waals surface area contributed by atoms with Crippen LogP contribution in [0.2, 0.25) is 0 Å². The van der Waals surface area contributed by atoms with E-state index in [1.165, 1.54) is 39.1 Å². The molecule has 0 aliphatic carbocycles. The van der Waals surface area contributed by atoms with Crippen LogP contribution in [0.3, 0.4) is 0 Å². The molecule has 0 amide bonds. The predicted molar refractivity (Wildman–Crippen MR) is 224 cm³/mol. The summed E-state index contributed by atoms with van der Waals surface area (Å²) in [4.78, 5) is 4.74. The molecule has 0 atom stereocenters. The van der Waals surface area contributed by atoms with Crippen LogP contribution in [0.1, 0.15) is 25.0 Å². The van der Waals surface area contributed by atoms with Gasteiger partial charge < -0.3 is 14.5 Å². The van der Waals surface area contributed by atoms with Gasteiger partial charge in [0.05, 0.1) is 17.1 Å². The first kappa shape index (κ1) is 31.9. The maximum absolute atomic E-state index is 6.75. The minimum atomic E-state index is -0.243. The van der Waals surface area contributed by atoms with Gasteiger partial charge in [-0.25, -0.2) is 0 Å². The number of fused-ring (bicyclic) bond motifs is 4. The summed E-state index contributed by atoms with van der Waals surface area (Å²) >= 11 is 0. The van der Waals surface area contributed by atoms with E-state index in [-0.39, 0.29) is 5.41 Å². The Kier molecular flexibility index (Phi) is 7.48. The van der Waals surface area contributed by atoms with E-state index in [1.807, 2.05) is 6.07 Å². The number of rotatable bonds is 6. The molecule has 0 radical (unpaired) electrons. The molecule has 0 saturated heterocycles. The van der Waals surface area contributed by atoms with Crippen LogP contribution in [-0.2, 0) is 5.41 Å². The van der Waals surface area contributed by atoms with Gasteiger partial charge in [0.25, 0.3) is 0 Å². The zero-order valence-corrected chi connectivity index (χ0v) is 30.3. The van der Waals surface area contributed by atoms with Crippen molar-refractivity contribution in [3.63, 3.8) is 0 Å². The Morgan fingerprint density at radius 1 is 0.389 bits per heavy atom. The van der Waals surface area contributed by atoms with E-state index in [2.05, 4.69) is 212 Å². The van der Waals surface area contributed by atoms with Crippen LogP contribution in [0.4, 0.5) is 34.1 Å². The zero-order valence-electron chi connectivity index (χ0n) is 30.3. The van der Waals surface area contributed by atoms with E-state index in [1.54, 1.807) is 0 Å². The van der Waals surface area contributed by atoms with Crippen LogP contribution < -0.4 is 14.5 Å². The van der Waals surface area contributed by atoms with Gasteiger partial charge in [0, 0.05) is 22.5 Å². The number of anilines is 6. The van der Waals surface area contributed by atoms with E-state index in [0.29, 0.717) is 0 Å². The molecule has 54 heavy (non-hydrogen) atoms. The van der Waals surface area contributed by atoms with Gasteiger partial charge in [0.2, 0.25) is 0 Å². The molecule has 0 saturated carbocycles. The lowest BCUT2D eigenvalue weighted by Gasteiger charge is -2.45. The second kappa shape index (κ2) is 12.7. The highest BCUT2D eigenvalue weighted by Crippen LogP contribution is 2.60. The fraction of sp³-hybridized carbons (Fsp3) is 0.0588. The van der Waals surface area contributed by atoms with Crippen LogP contribution in [0.5, 0.6) is 11.5 Å². The lowest BCUT2D eigenvalue weighted by atomic mass is 9.72. The van der Waals surface area contributed by atoms with Crippen LogP contribution >= 0.6 is 0 Å². The fourth-order valence-corrected chi connectivity index (χ4v) is 8.26. The first-order valence-corrected chi connectivity index (χ1v) is 18.6. The molecular formula is C51H38N2O. The van der Waals surface area contributed by atoms with Crippen molar-refractivity contribution in [3.8, 4) is 44.9 Å². The van der Waals surface area contributed by atoms with Gasteiger partial charge in [-0.2, -0.15) is 0 Å². The van der Waals surface area contributed by atoms with Gasteiger partial charge in [0.15, 0.2) is 11.5 Å². The standard InChI is InChI=1S/C51H38N2O/c1-51(2)44-20-9-10-21-46(44)53-47-22-11-12-23-48(47)54-49-34-40(33-45(51)50(49)53)39-18-13-19-43(32-39)52(41-28-24-37(25-29-41)35-14-5-3-6-15-35)42-30-26-38(27-31-42)36-16-7-4-8-17-36/h3-34H,1-2H3. The maximum atomic E-state index is 6.75. The van der Waals surface area contributed by atoms with Crippen molar-refractivity contribution in [1.82, 2.24) is 0 Å². The first-order valence-electron chi connectivity index (χ1n) is 18.6. The van der Waals surface area contributed by atoms with Crippen molar-refractivity contribution in [2.75, 3.05) is 9.80 Å². The molecule has 0 spiro atoms. The number of hydrogen-bond donors (Lipinski definition) is 0. The van der Waals surface area contributed by atoms with E-state index >= 15 is 0 Å². The average Bonchev–Trinajstić information content (AvgIpc) is 3.23. The van der Waals surface area contributed by atoms with Crippen molar-refractivity contribution in [2.45, 2.75) is 19.3 Å². The zero-order chi connectivity index (χ0) is 36.2. The second-order valence-corrected chi connectivity index (χ2v) is 14.6. The molecule has 10 rings (SSSR count). The normalized spacial score (nSPS) is 13.3. The van der Waals surface area contributed by atoms with Gasteiger partial charge in [-0.3, -0.25) is 0 Å². The molecule has 0 aromatic heterocycles. The summed E-state index contributed by atoms with van der Waals surface area (Å²) in [5.74, 6) is 1.74. The molecule has 3 nitrogen and oxygen atoms in total. The molecule has 2 heterocycles. The average molecular weight is 695 g/mol. The largest absolute Gasteiger partial charge is 0.453 e. The SMILES string of the molecule is CC1(C)c2ccccc2N2c3ccccc3Oc3cc(-c4cccc(N(c5ccc(-c6ccccc6)cc5)c5ccc(-c6ccccc6)cc5)c4)cc1c32. The van der Waals surface area contributed by atoms with Crippen LogP contribution in [0.25, 0.3) is 33.4 Å². The summed E-state index contributed by atoms with van der Waals surface area (Å²) in [5, 5.41) is 0. The minimum absolute atomic E-state index is 0.243. The van der Waals surface area contributed by atoms with E-state index in [0.717, 1.165) is 51.1 Å². The molecule has 0 bridgehead atoms. The van der Waals surface area contributed by atoms with Gasteiger partial charge in [-0.1, -0.05) is 141 Å². The van der Waals surface area contributed by atoms with Crippen molar-refractivity contribution >= 4 is 34.1 Å². The number of para-hydroxylation sites is 3. The molecule has 0 unspecified atom stereocenters. The number of nitrogens with zero attached hydrogens (tertiary/aromatic N) is 2. The Morgan fingerprint density at radius 2 is 0.926 bits per heavy atom. The number of ether oxygens (including phenoxy) is 1. The quantitative estimate of drug-likeness (QED) is 0.172. The number of hydrogen-bond acceptors (Lipinski definition) is 3. The third-order valence-electron chi connectivity index (χ3n) is 11.0. The van der Waals surface area contributed by atoms with Crippen molar-refractivity contribution in [2.24, 2.45) is 0 Å². The summed E-state index contributed by atoms with van der Waals surface area (Å²) < 4.78 is 6.75. The highest BCUT2D eigenvalue weighted by Gasteiger charge is 2.41. The second-order valence-electron chi connectivity index (χ2n) is 14.6. The van der Waals surface area contributed by atoms with Crippen LogP contribution in [0.15, 0.2) is 194 Å². The van der Waals surface area contributed by atoms with Gasteiger partial charge >= 0.3 is 0 Å². The topological polar surface area (TPSA) is 15.7 Å². The van der Waals surface area contributed by atoms with E-state index in [9.17, 15) is 0 Å². The third-order valence-corrected chi connectivity index (χ3v) is 11.0. The molecule has 8 aromatic rings. The van der Waals surface area contributed by atoms with Crippen molar-refractivity contribution in [1.29, 1.82) is 0 Å². The maximum Gasteiger partial charge on any atom is 0.152 e. The monoisotopic (exact) mass is 694 g/mol. The third kappa shape index (κ3) is 5.28. The highest BCUT2D eigenvalue weighted by molar-refractivity contribution is 5.95. The summed E-state index contributed by atoms with van der Waals surface area (Å²) in [6, 6.07) is 69.5. The molecule has 2 aliphatic heterocycles. The van der Waals surface area contributed by atoms with Crippen molar-refractivity contribution in [3.05, 3.63) is 205 Å². The molecular weight excluding hydrogens is 657 g/mol. The number of benzene rings is 8. The van der Waals surface area contributed by atoms with Crippen molar-refractivity contribution < 1.29 is 4.74 Å². The van der Waals surface area contributed by atoms with Gasteiger partial charge in [-0.05, 0) is 111 Å². The molecule has 0 N–H and O–H groups in total. The van der Waals surface area contributed by atoms with Gasteiger partial charge in [-0.15, -0.1) is 0 Å². The van der Waals surface area contributed by atoms with E-state index in [4.69, 9.17) is 4.74 Å². The lowest BCUT2D eigenvalue weighted by Crippen LogP contribution is -2.32. The predicted octanol–water partition coefficient (Wildman–Crippen LogP) is 14.4. The Bertz CT molecular complexity index is 2560. The molecule has 258 valence electrons. The summed E-state index contributed by atoms with van der Waals surface area (Å²) in [6.45, 7) is 4.67. The lowest BCUT2D eigenvalue weighted by molar-refractivity contribution is 0.471. The molecule has 2 aliphatic rings. The fourth-order valence-electron chi connectivity index (χ4n) is 8.26. The van der Waals surface area contributed by atoms with Crippen LogP contribution in [-0.4, -0.2) is 0 Å². The Hall–Kier alpha value is -6.84. The summed E-state index contributed by atoms with van der Waals surface area (Å²) in [5.41, 5.74) is 16.0. The van der Waals surface area contributed by atoms with E-state index < -0.39 is 0 Å². The Balaban J connectivity index is 1.10. The molecule has 3 heteroatoms. The summed E-state index contributed by atoms with van der Waals surface area (Å²) in [7, 11) is 0. The van der Waals surface area contributed by atoms with Crippen LogP contribution in [0, 0.1) is 0 Å². The molecule has 8 aromatic carbocycles. The first-order chi connectivity index (χ1) is 26.5. The highest BCUT2D eigenvalue weighted by atomic mass is 16.5. The minimum Gasteiger partial charge on any atom is -0.453 e. The smallest absolute Gasteiger partial charge is 0.152 e. The summed E-state index contributed by atoms with van der Waals surface area (Å²) in [6.07, 6.45) is 0. The Labute approximate surface area is 317 Å². The van der Waals surface area contributed by atoms with Gasteiger partial charge in [0.1, 0.15) is 0 Å². The molecule has 0 fully saturated rings.